The lowest BCUT2D eigenvalue weighted by Gasteiger charge is -1.84. The van der Waals surface area contributed by atoms with Crippen LogP contribution in [0.5, 0.6) is 0 Å². The average molecular weight is 322 g/mol. The zero-order valence-electron chi connectivity index (χ0n) is 12.7. The van der Waals surface area contributed by atoms with E-state index in [1.165, 1.54) is 24.3 Å². The van der Waals surface area contributed by atoms with E-state index < -0.39 is 23.6 Å². The van der Waals surface area contributed by atoms with E-state index >= 15 is 0 Å². The van der Waals surface area contributed by atoms with Crippen molar-refractivity contribution in [2.45, 2.75) is 19.3 Å². The van der Waals surface area contributed by atoms with Crippen molar-refractivity contribution in [1.82, 2.24) is 0 Å². The summed E-state index contributed by atoms with van der Waals surface area (Å²) < 4.78 is 0. The van der Waals surface area contributed by atoms with E-state index in [1.54, 1.807) is 24.3 Å². The second-order valence-corrected chi connectivity index (χ2v) is 4.03. The maximum absolute atomic E-state index is 10.2. The van der Waals surface area contributed by atoms with Gasteiger partial charge in [-0.2, -0.15) is 0 Å². The molecule has 0 spiro atoms. The molecule has 126 valence electrons. The van der Waals surface area contributed by atoms with E-state index in [1.807, 2.05) is 0 Å². The van der Waals surface area contributed by atoms with Crippen LogP contribution in [-0.4, -0.2) is 23.6 Å². The standard InChI is InChI=1S/C8H12N2O2.C7H10N2O2/c9-7(11)5-3-1-2-4-6-8(10)12;8-6(10)4-2-1-3-5-7(9)11/h3-6H,1-2H2,(H2,9,11)(H2,10,12);2-5H,1H2,(H2,8,10)(H2,9,11). The van der Waals surface area contributed by atoms with Crippen molar-refractivity contribution in [2.24, 2.45) is 22.9 Å². The number of amides is 4. The highest BCUT2D eigenvalue weighted by atomic mass is 16.2. The van der Waals surface area contributed by atoms with Gasteiger partial charge in [-0.1, -0.05) is 24.3 Å². The van der Waals surface area contributed by atoms with Gasteiger partial charge in [0.25, 0.3) is 0 Å². The van der Waals surface area contributed by atoms with E-state index in [9.17, 15) is 19.2 Å². The average Bonchev–Trinajstić information content (AvgIpc) is 2.41. The highest BCUT2D eigenvalue weighted by Gasteiger charge is 1.83. The topological polar surface area (TPSA) is 172 Å². The normalized spacial score (nSPS) is 11.0. The number of carbonyl (C=O) groups is 4. The molecule has 8 nitrogen and oxygen atoms in total. The van der Waals surface area contributed by atoms with E-state index in [4.69, 9.17) is 22.9 Å². The molecule has 0 heterocycles. The largest absolute Gasteiger partial charge is 0.366 e. The second-order valence-electron chi connectivity index (χ2n) is 4.03. The third kappa shape index (κ3) is 27.9. The summed E-state index contributed by atoms with van der Waals surface area (Å²) in [5.74, 6) is -1.93. The highest BCUT2D eigenvalue weighted by Crippen LogP contribution is 1.91. The van der Waals surface area contributed by atoms with Crippen LogP contribution in [0.15, 0.2) is 48.6 Å². The van der Waals surface area contributed by atoms with Gasteiger partial charge in [0.2, 0.25) is 23.6 Å². The van der Waals surface area contributed by atoms with Crippen LogP contribution in [0, 0.1) is 0 Å². The summed E-state index contributed by atoms with van der Waals surface area (Å²) in [6.07, 6.45) is 13.2. The molecule has 0 rings (SSSR count). The van der Waals surface area contributed by atoms with Gasteiger partial charge in [-0.15, -0.1) is 0 Å². The number of primary amides is 4. The summed E-state index contributed by atoms with van der Waals surface area (Å²) >= 11 is 0. The van der Waals surface area contributed by atoms with Gasteiger partial charge in [-0.05, 0) is 43.6 Å². The summed E-state index contributed by atoms with van der Waals surface area (Å²) in [4.78, 5) is 40.6. The van der Waals surface area contributed by atoms with Gasteiger partial charge in [-0.25, -0.2) is 0 Å². The van der Waals surface area contributed by atoms with Gasteiger partial charge in [0, 0.05) is 0 Å². The van der Waals surface area contributed by atoms with Crippen LogP contribution in [0.3, 0.4) is 0 Å². The number of nitrogens with two attached hydrogens (primary N) is 4. The molecule has 0 radical (unpaired) electrons. The van der Waals surface area contributed by atoms with Crippen molar-refractivity contribution in [2.75, 3.05) is 0 Å². The molecular weight excluding hydrogens is 300 g/mol. The Balaban J connectivity index is 0. The molecule has 0 unspecified atom stereocenters. The molecule has 0 aliphatic rings. The fraction of sp³-hybridized carbons (Fsp3) is 0.200. The zero-order chi connectivity index (χ0) is 18.1. The van der Waals surface area contributed by atoms with Crippen molar-refractivity contribution in [3.8, 4) is 0 Å². The van der Waals surface area contributed by atoms with Crippen molar-refractivity contribution in [3.05, 3.63) is 48.6 Å². The summed E-state index contributed by atoms with van der Waals surface area (Å²) in [5, 5.41) is 0. The number of unbranched alkanes of at least 4 members (excludes halogenated alkanes) is 1. The summed E-state index contributed by atoms with van der Waals surface area (Å²) in [5.41, 5.74) is 19.3. The minimum absolute atomic E-state index is 0.464. The number of carbonyl (C=O) groups excluding carboxylic acids is 4. The van der Waals surface area contributed by atoms with Crippen LogP contribution in [0.2, 0.25) is 0 Å². The molecule has 23 heavy (non-hydrogen) atoms. The molecule has 4 amide bonds. The van der Waals surface area contributed by atoms with Crippen LogP contribution < -0.4 is 22.9 Å². The van der Waals surface area contributed by atoms with E-state index in [0.29, 0.717) is 19.3 Å². The number of hydrogen-bond donors (Lipinski definition) is 4. The predicted molar refractivity (Wildman–Crippen MR) is 87.2 cm³/mol. The molecule has 8 heteroatoms. The molecular formula is C15H22N4O4. The van der Waals surface area contributed by atoms with Crippen LogP contribution in [-0.2, 0) is 19.2 Å². The number of allylic oxidation sites excluding steroid dienone is 4. The van der Waals surface area contributed by atoms with Crippen LogP contribution in [0.4, 0.5) is 0 Å². The maximum Gasteiger partial charge on any atom is 0.241 e. The van der Waals surface area contributed by atoms with Crippen molar-refractivity contribution < 1.29 is 19.2 Å². The van der Waals surface area contributed by atoms with Gasteiger partial charge in [0.1, 0.15) is 0 Å². The van der Waals surface area contributed by atoms with Gasteiger partial charge < -0.3 is 22.9 Å². The van der Waals surface area contributed by atoms with Gasteiger partial charge in [0.15, 0.2) is 0 Å². The minimum atomic E-state index is -0.502. The Kier molecular flexibility index (Phi) is 14.7. The molecule has 0 aromatic carbocycles. The fourth-order valence-corrected chi connectivity index (χ4v) is 1.04. The molecule has 0 aliphatic heterocycles. The van der Waals surface area contributed by atoms with E-state index in [0.717, 1.165) is 0 Å². The smallest absolute Gasteiger partial charge is 0.241 e. The summed E-state index contributed by atoms with van der Waals surface area (Å²) in [6, 6.07) is 0. The van der Waals surface area contributed by atoms with E-state index in [2.05, 4.69) is 0 Å². The lowest BCUT2D eigenvalue weighted by molar-refractivity contribution is -0.114. The SMILES string of the molecule is NC(=O)C=CCC=CC(N)=O.NC(=O)C=CCCC=CC(N)=O. The second kappa shape index (κ2) is 15.2. The monoisotopic (exact) mass is 322 g/mol. The first-order valence-corrected chi connectivity index (χ1v) is 6.59. The Hall–Kier alpha value is -3.16. The molecule has 8 N–H and O–H groups in total. The third-order valence-electron chi connectivity index (χ3n) is 1.90. The Morgan fingerprint density at radius 3 is 1.04 bits per heavy atom. The number of hydrogen-bond acceptors (Lipinski definition) is 4. The Bertz CT molecular complexity index is 474. The number of rotatable bonds is 9. The van der Waals surface area contributed by atoms with Crippen molar-refractivity contribution >= 4 is 23.6 Å². The van der Waals surface area contributed by atoms with Crippen molar-refractivity contribution in [1.29, 1.82) is 0 Å². The lowest BCUT2D eigenvalue weighted by Crippen LogP contribution is -2.05. The zero-order valence-corrected chi connectivity index (χ0v) is 12.7. The summed E-state index contributed by atoms with van der Waals surface area (Å²) in [6.45, 7) is 0. The Morgan fingerprint density at radius 1 is 0.522 bits per heavy atom. The summed E-state index contributed by atoms with van der Waals surface area (Å²) in [7, 11) is 0. The van der Waals surface area contributed by atoms with Crippen LogP contribution in [0.1, 0.15) is 19.3 Å². The molecule has 0 saturated heterocycles. The first-order chi connectivity index (χ1) is 10.8. The molecule has 0 atom stereocenters. The molecule has 0 aromatic heterocycles. The van der Waals surface area contributed by atoms with Crippen molar-refractivity contribution in [3.63, 3.8) is 0 Å². The fourth-order valence-electron chi connectivity index (χ4n) is 1.04. The maximum atomic E-state index is 10.2. The molecule has 0 aromatic rings. The van der Waals surface area contributed by atoms with E-state index in [-0.39, 0.29) is 0 Å². The molecule has 0 aliphatic carbocycles. The Morgan fingerprint density at radius 2 is 0.783 bits per heavy atom. The molecule has 0 bridgehead atoms. The predicted octanol–water partition coefficient (Wildman–Crippen LogP) is -0.691. The van der Waals surface area contributed by atoms with Crippen LogP contribution >= 0.6 is 0 Å². The quantitative estimate of drug-likeness (QED) is 0.325. The van der Waals surface area contributed by atoms with Gasteiger partial charge in [-0.3, -0.25) is 19.2 Å². The Labute approximate surface area is 134 Å². The first-order valence-electron chi connectivity index (χ1n) is 6.59. The van der Waals surface area contributed by atoms with Gasteiger partial charge in [0.05, 0.1) is 0 Å². The molecule has 0 saturated carbocycles. The van der Waals surface area contributed by atoms with Crippen LogP contribution in [0.25, 0.3) is 0 Å². The third-order valence-corrected chi connectivity index (χ3v) is 1.90. The lowest BCUT2D eigenvalue weighted by atomic mass is 10.2. The van der Waals surface area contributed by atoms with Gasteiger partial charge >= 0.3 is 0 Å². The minimum Gasteiger partial charge on any atom is -0.366 e. The molecule has 0 fully saturated rings. The highest BCUT2D eigenvalue weighted by molar-refractivity contribution is 5.87. The first kappa shape index (κ1) is 22.1.